The van der Waals surface area contributed by atoms with Crippen molar-refractivity contribution in [2.24, 2.45) is 0 Å². The summed E-state index contributed by atoms with van der Waals surface area (Å²) < 4.78 is 17.4. The fourth-order valence-electron chi connectivity index (χ4n) is 7.00. The molecule has 0 radical (unpaired) electrons. The Bertz CT molecular complexity index is 1350. The first-order chi connectivity index (χ1) is 32.6. The number of allylic oxidation sites excluding steroid dienone is 20. The Morgan fingerprint density at radius 3 is 1.11 bits per heavy atom. The van der Waals surface area contributed by atoms with Crippen molar-refractivity contribution in [2.75, 3.05) is 19.8 Å². The first-order valence-corrected chi connectivity index (χ1v) is 27.1. The minimum atomic E-state index is -0.569. The third-order valence-electron chi connectivity index (χ3n) is 10.9. The van der Waals surface area contributed by atoms with E-state index >= 15 is 0 Å². The molecule has 0 heterocycles. The molecule has 5 nitrogen and oxygen atoms in total. The predicted molar refractivity (Wildman–Crippen MR) is 288 cm³/mol. The first kappa shape index (κ1) is 62.3. The Morgan fingerprint density at radius 2 is 0.682 bits per heavy atom. The van der Waals surface area contributed by atoms with Gasteiger partial charge in [-0.2, -0.15) is 0 Å². The fraction of sp³-hybridized carbons (Fsp3) is 0.639. The lowest BCUT2D eigenvalue weighted by Gasteiger charge is -2.18. The van der Waals surface area contributed by atoms with Gasteiger partial charge in [0.1, 0.15) is 6.61 Å². The van der Waals surface area contributed by atoms with Crippen molar-refractivity contribution < 1.29 is 23.8 Å². The Hall–Kier alpha value is -3.70. The quantitative estimate of drug-likeness (QED) is 0.0346. The van der Waals surface area contributed by atoms with Gasteiger partial charge >= 0.3 is 11.9 Å². The second-order valence-electron chi connectivity index (χ2n) is 17.4. The summed E-state index contributed by atoms with van der Waals surface area (Å²) in [7, 11) is 0. The number of carbonyl (C=O) groups excluding carboxylic acids is 2. The summed E-state index contributed by atoms with van der Waals surface area (Å²) in [6.45, 7) is 7.47. The molecule has 0 saturated heterocycles. The van der Waals surface area contributed by atoms with Crippen LogP contribution in [0.15, 0.2) is 122 Å². The van der Waals surface area contributed by atoms with E-state index in [1.165, 1.54) is 64.2 Å². The second kappa shape index (κ2) is 55.6. The van der Waals surface area contributed by atoms with Gasteiger partial charge in [-0.1, -0.05) is 213 Å². The van der Waals surface area contributed by atoms with Crippen molar-refractivity contribution in [3.05, 3.63) is 122 Å². The number of esters is 2. The van der Waals surface area contributed by atoms with Crippen LogP contribution in [0.2, 0.25) is 0 Å². The maximum absolute atomic E-state index is 12.8. The van der Waals surface area contributed by atoms with E-state index in [9.17, 15) is 9.59 Å². The number of carbonyl (C=O) groups is 2. The molecule has 1 atom stereocenters. The molecule has 0 aromatic heterocycles. The molecule has 0 aromatic carbocycles. The molecule has 0 N–H and O–H groups in total. The van der Waals surface area contributed by atoms with E-state index in [0.717, 1.165) is 128 Å². The van der Waals surface area contributed by atoms with Gasteiger partial charge in [0.15, 0.2) is 6.10 Å². The van der Waals surface area contributed by atoms with Crippen LogP contribution in [0.4, 0.5) is 0 Å². The highest BCUT2D eigenvalue weighted by molar-refractivity contribution is 5.70. The summed E-state index contributed by atoms with van der Waals surface area (Å²) >= 11 is 0. The first-order valence-electron chi connectivity index (χ1n) is 27.1. The predicted octanol–water partition coefficient (Wildman–Crippen LogP) is 18.6. The highest BCUT2D eigenvalue weighted by atomic mass is 16.6. The van der Waals surface area contributed by atoms with Crippen LogP contribution >= 0.6 is 0 Å². The van der Waals surface area contributed by atoms with Gasteiger partial charge < -0.3 is 14.2 Å². The van der Waals surface area contributed by atoms with Crippen molar-refractivity contribution in [3.8, 4) is 0 Å². The number of hydrogen-bond acceptors (Lipinski definition) is 5. The van der Waals surface area contributed by atoms with Crippen LogP contribution in [0, 0.1) is 0 Å². The molecule has 0 aliphatic rings. The Balaban J connectivity index is 4.39. The highest BCUT2D eigenvalue weighted by Gasteiger charge is 2.17. The van der Waals surface area contributed by atoms with Crippen molar-refractivity contribution >= 4 is 11.9 Å². The number of ether oxygens (including phenoxy) is 3. The summed E-state index contributed by atoms with van der Waals surface area (Å²) in [6, 6.07) is 0. The van der Waals surface area contributed by atoms with Crippen molar-refractivity contribution in [1.82, 2.24) is 0 Å². The zero-order valence-corrected chi connectivity index (χ0v) is 42.9. The second-order valence-corrected chi connectivity index (χ2v) is 17.4. The molecule has 5 heteroatoms. The molecule has 66 heavy (non-hydrogen) atoms. The lowest BCUT2D eigenvalue weighted by Crippen LogP contribution is -2.30. The van der Waals surface area contributed by atoms with E-state index in [2.05, 4.69) is 142 Å². The molecule has 0 fully saturated rings. The average molecular weight is 913 g/mol. The maximum atomic E-state index is 12.8. The lowest BCUT2D eigenvalue weighted by atomic mass is 10.1. The van der Waals surface area contributed by atoms with Gasteiger partial charge in [-0.05, 0) is 122 Å². The van der Waals surface area contributed by atoms with E-state index in [-0.39, 0.29) is 25.2 Å². The third kappa shape index (κ3) is 52.9. The SMILES string of the molecule is CC/C=C\C/C=C\C/C=C\C/C=C\C/C=C\CCCCCC(=O)OCC(COCCCCCCCC/C=C\C/C=C\CCC)OC(=O)CCCCCCCCC/C=C\C/C=C\C/C=C\CC. The van der Waals surface area contributed by atoms with Crippen LogP contribution in [0.25, 0.3) is 0 Å². The zero-order valence-electron chi connectivity index (χ0n) is 42.9. The third-order valence-corrected chi connectivity index (χ3v) is 10.9. The molecule has 1 unspecified atom stereocenters. The number of hydrogen-bond donors (Lipinski definition) is 0. The molecule has 0 aliphatic heterocycles. The maximum Gasteiger partial charge on any atom is 0.306 e. The molecule has 0 bridgehead atoms. The van der Waals surface area contributed by atoms with Crippen molar-refractivity contribution in [2.45, 2.75) is 232 Å². The fourth-order valence-corrected chi connectivity index (χ4v) is 7.00. The van der Waals surface area contributed by atoms with Gasteiger partial charge in [0.25, 0.3) is 0 Å². The van der Waals surface area contributed by atoms with E-state index in [0.29, 0.717) is 19.4 Å². The lowest BCUT2D eigenvalue weighted by molar-refractivity contribution is -0.163. The van der Waals surface area contributed by atoms with E-state index < -0.39 is 6.10 Å². The summed E-state index contributed by atoms with van der Waals surface area (Å²) in [6.07, 6.45) is 77.8. The van der Waals surface area contributed by atoms with E-state index in [1.54, 1.807) is 0 Å². The van der Waals surface area contributed by atoms with Crippen LogP contribution in [0.1, 0.15) is 226 Å². The van der Waals surface area contributed by atoms with Crippen LogP contribution in [-0.4, -0.2) is 37.9 Å². The highest BCUT2D eigenvalue weighted by Crippen LogP contribution is 2.13. The van der Waals surface area contributed by atoms with Gasteiger partial charge in [-0.3, -0.25) is 9.59 Å². The standard InChI is InChI=1S/C61H100O5/c1-4-7-10-13-16-19-22-25-28-30-31-33-34-36-39-42-45-48-51-54-60(62)65-58-59(57-64-56-53-50-47-44-41-38-27-24-21-18-15-12-9-6-3)66-61(63)55-52-49-46-43-40-37-35-32-29-26-23-20-17-14-11-8-5-2/h7-8,10-12,15-17,19-21,24-26,28-29,31,33,36,39,59H,4-6,9,13-14,18,22-23,27,30,32,34-35,37-38,40-58H2,1-3H3/b10-7-,11-8-,15-12-,19-16-,20-17-,24-21-,28-25-,29-26-,33-31-,39-36-. The summed E-state index contributed by atoms with van der Waals surface area (Å²) in [4.78, 5) is 25.5. The molecule has 0 aromatic rings. The van der Waals surface area contributed by atoms with Gasteiger partial charge in [0.05, 0.1) is 6.61 Å². The largest absolute Gasteiger partial charge is 0.462 e. The van der Waals surface area contributed by atoms with E-state index in [4.69, 9.17) is 14.2 Å². The van der Waals surface area contributed by atoms with Crippen molar-refractivity contribution in [3.63, 3.8) is 0 Å². The molecule has 0 aliphatic carbocycles. The number of unbranched alkanes of at least 4 members (excludes halogenated alkanes) is 17. The summed E-state index contributed by atoms with van der Waals surface area (Å²) in [5.41, 5.74) is 0. The molecular formula is C61H100O5. The normalized spacial score (nSPS) is 13.2. The van der Waals surface area contributed by atoms with E-state index in [1.807, 2.05) is 0 Å². The smallest absolute Gasteiger partial charge is 0.306 e. The van der Waals surface area contributed by atoms with Crippen LogP contribution < -0.4 is 0 Å². The minimum Gasteiger partial charge on any atom is -0.462 e. The van der Waals surface area contributed by atoms with Gasteiger partial charge in [0, 0.05) is 19.4 Å². The molecular weight excluding hydrogens is 813 g/mol. The summed E-state index contributed by atoms with van der Waals surface area (Å²) in [5.74, 6) is -0.457. The molecule has 0 rings (SSSR count). The molecule has 374 valence electrons. The van der Waals surface area contributed by atoms with Gasteiger partial charge in [-0.25, -0.2) is 0 Å². The van der Waals surface area contributed by atoms with Crippen LogP contribution in [-0.2, 0) is 23.8 Å². The Labute approximate surface area is 407 Å². The van der Waals surface area contributed by atoms with Crippen molar-refractivity contribution in [1.29, 1.82) is 0 Å². The monoisotopic (exact) mass is 913 g/mol. The van der Waals surface area contributed by atoms with Crippen LogP contribution in [0.3, 0.4) is 0 Å². The van der Waals surface area contributed by atoms with Gasteiger partial charge in [-0.15, -0.1) is 0 Å². The van der Waals surface area contributed by atoms with Gasteiger partial charge in [0.2, 0.25) is 0 Å². The van der Waals surface area contributed by atoms with Crippen LogP contribution in [0.5, 0.6) is 0 Å². The average Bonchev–Trinajstić information content (AvgIpc) is 3.32. The molecule has 0 spiro atoms. The zero-order chi connectivity index (χ0) is 47.7. The Morgan fingerprint density at radius 1 is 0.348 bits per heavy atom. The topological polar surface area (TPSA) is 61.8 Å². The Kier molecular flexibility index (Phi) is 52.5. The molecule has 0 saturated carbocycles. The summed E-state index contributed by atoms with van der Waals surface area (Å²) in [5, 5.41) is 0. The minimum absolute atomic E-state index is 0.0522. The number of rotatable bonds is 48. The molecule has 0 amide bonds.